The van der Waals surface area contributed by atoms with E-state index in [1.807, 2.05) is 0 Å². The second-order valence-corrected chi connectivity index (χ2v) is 3.81. The van der Waals surface area contributed by atoms with Gasteiger partial charge in [-0.25, -0.2) is 19.3 Å². The average molecular weight is 276 g/mol. The van der Waals surface area contributed by atoms with Crippen molar-refractivity contribution in [2.24, 2.45) is 0 Å². The van der Waals surface area contributed by atoms with Crippen LogP contribution in [0.2, 0.25) is 0 Å². The molecule has 3 N–H and O–H groups in total. The molecule has 0 spiro atoms. The molecule has 2 aromatic rings. The number of nitrogens with two attached hydrogens (primary N) is 1. The van der Waals surface area contributed by atoms with Gasteiger partial charge in [-0.2, -0.15) is 5.10 Å². The summed E-state index contributed by atoms with van der Waals surface area (Å²) in [5, 5.41) is 12.7. The van der Waals surface area contributed by atoms with E-state index in [9.17, 15) is 9.59 Å². The maximum atomic E-state index is 11.5. The second-order valence-electron chi connectivity index (χ2n) is 3.81. The minimum atomic E-state index is -1.22. The number of rotatable bonds is 4. The van der Waals surface area contributed by atoms with E-state index in [1.165, 1.54) is 29.2 Å². The Balaban J connectivity index is 2.28. The van der Waals surface area contributed by atoms with Crippen molar-refractivity contribution in [2.45, 2.75) is 6.92 Å². The zero-order valence-electron chi connectivity index (χ0n) is 10.6. The third-order valence-electron chi connectivity index (χ3n) is 2.44. The normalized spacial score (nSPS) is 10.2. The maximum absolute atomic E-state index is 11.5. The number of nitrogens with zero attached hydrogens (tertiary/aromatic N) is 3. The molecule has 0 atom stereocenters. The largest absolute Gasteiger partial charge is 0.476 e. The van der Waals surface area contributed by atoms with Crippen LogP contribution in [0.15, 0.2) is 24.5 Å². The van der Waals surface area contributed by atoms with Gasteiger partial charge in [-0.05, 0) is 19.1 Å². The van der Waals surface area contributed by atoms with Crippen LogP contribution in [0, 0.1) is 0 Å². The summed E-state index contributed by atoms with van der Waals surface area (Å²) < 4.78 is 6.06. The first-order valence-electron chi connectivity index (χ1n) is 5.75. The number of nitrogen functional groups attached to an aromatic ring is 1. The molecular formula is C12H12N4O4. The summed E-state index contributed by atoms with van der Waals surface area (Å²) in [6.07, 6.45) is 2.67. The highest BCUT2D eigenvalue weighted by Gasteiger charge is 2.15. The zero-order valence-corrected chi connectivity index (χ0v) is 10.6. The smallest absolute Gasteiger partial charge is 0.358 e. The Morgan fingerprint density at radius 1 is 1.45 bits per heavy atom. The van der Waals surface area contributed by atoms with Gasteiger partial charge in [-0.1, -0.05) is 0 Å². The van der Waals surface area contributed by atoms with Gasteiger partial charge in [-0.15, -0.1) is 0 Å². The van der Waals surface area contributed by atoms with Crippen LogP contribution in [0.3, 0.4) is 0 Å². The Kier molecular flexibility index (Phi) is 3.65. The number of aromatic carboxylic acids is 1. The number of ether oxygens (including phenoxy) is 1. The highest BCUT2D eigenvalue weighted by molar-refractivity contribution is 5.91. The molecule has 0 amide bonds. The van der Waals surface area contributed by atoms with Gasteiger partial charge in [0.05, 0.1) is 24.1 Å². The molecule has 2 rings (SSSR count). The van der Waals surface area contributed by atoms with Gasteiger partial charge in [-0.3, -0.25) is 0 Å². The molecule has 0 saturated carbocycles. The van der Waals surface area contributed by atoms with Gasteiger partial charge in [0.15, 0.2) is 11.5 Å². The molecule has 0 fully saturated rings. The standard InChI is InChI=1S/C12H12N4O4/c1-2-20-12(19)7-3-4-9(14-5-7)16-6-8(13)10(15-16)11(17)18/h3-6H,2,13H2,1H3,(H,17,18). The second kappa shape index (κ2) is 5.39. The summed E-state index contributed by atoms with van der Waals surface area (Å²) in [6, 6.07) is 3.03. The van der Waals surface area contributed by atoms with E-state index < -0.39 is 11.9 Å². The first kappa shape index (κ1) is 13.5. The van der Waals surface area contributed by atoms with Gasteiger partial charge >= 0.3 is 11.9 Å². The minimum absolute atomic E-state index is 0.0359. The summed E-state index contributed by atoms with van der Waals surface area (Å²) in [4.78, 5) is 26.3. The lowest BCUT2D eigenvalue weighted by Crippen LogP contribution is -2.07. The number of pyridine rings is 1. The molecule has 0 aliphatic carbocycles. The van der Waals surface area contributed by atoms with Crippen molar-refractivity contribution >= 4 is 17.6 Å². The number of carbonyl (C=O) groups is 2. The molecule has 20 heavy (non-hydrogen) atoms. The van der Waals surface area contributed by atoms with E-state index in [4.69, 9.17) is 15.6 Å². The van der Waals surface area contributed by atoms with Crippen LogP contribution in [0.25, 0.3) is 5.82 Å². The highest BCUT2D eigenvalue weighted by atomic mass is 16.5. The third-order valence-corrected chi connectivity index (χ3v) is 2.44. The van der Waals surface area contributed by atoms with Crippen LogP contribution in [0.1, 0.15) is 27.8 Å². The van der Waals surface area contributed by atoms with Crippen LogP contribution in [0.4, 0.5) is 5.69 Å². The molecule has 0 bridgehead atoms. The molecule has 0 unspecified atom stereocenters. The summed E-state index contributed by atoms with van der Waals surface area (Å²) in [7, 11) is 0. The number of aromatic nitrogens is 3. The molecule has 8 nitrogen and oxygen atoms in total. The molecule has 2 heterocycles. The average Bonchev–Trinajstić information content (AvgIpc) is 2.81. The summed E-state index contributed by atoms with van der Waals surface area (Å²) in [6.45, 7) is 1.98. The Morgan fingerprint density at radius 2 is 2.20 bits per heavy atom. The van der Waals surface area contributed by atoms with E-state index >= 15 is 0 Å². The highest BCUT2D eigenvalue weighted by Crippen LogP contribution is 2.13. The quantitative estimate of drug-likeness (QED) is 0.789. The molecule has 2 aromatic heterocycles. The summed E-state index contributed by atoms with van der Waals surface area (Å²) in [5.74, 6) is -1.35. The molecule has 0 aromatic carbocycles. The van der Waals surface area contributed by atoms with Gasteiger partial charge in [0.2, 0.25) is 0 Å². The number of hydrogen-bond acceptors (Lipinski definition) is 6. The van der Waals surface area contributed by atoms with Crippen molar-refractivity contribution in [3.05, 3.63) is 35.8 Å². The number of anilines is 1. The van der Waals surface area contributed by atoms with Crippen LogP contribution in [-0.4, -0.2) is 38.4 Å². The fourth-order valence-electron chi connectivity index (χ4n) is 1.53. The number of carboxylic acids is 1. The Bertz CT molecular complexity index is 648. The van der Waals surface area contributed by atoms with E-state index in [0.717, 1.165) is 0 Å². The van der Waals surface area contributed by atoms with Gasteiger partial charge in [0.25, 0.3) is 0 Å². The zero-order chi connectivity index (χ0) is 14.7. The van der Waals surface area contributed by atoms with Crippen molar-refractivity contribution in [2.75, 3.05) is 12.3 Å². The minimum Gasteiger partial charge on any atom is -0.476 e. The maximum Gasteiger partial charge on any atom is 0.358 e. The van der Waals surface area contributed by atoms with Gasteiger partial charge < -0.3 is 15.6 Å². The lowest BCUT2D eigenvalue weighted by molar-refractivity contribution is 0.0525. The van der Waals surface area contributed by atoms with Gasteiger partial charge in [0, 0.05) is 6.20 Å². The van der Waals surface area contributed by atoms with Crippen LogP contribution < -0.4 is 5.73 Å². The molecule has 0 radical (unpaired) electrons. The number of esters is 1. The van der Waals surface area contributed by atoms with Crippen molar-refractivity contribution in [3.8, 4) is 5.82 Å². The van der Waals surface area contributed by atoms with Crippen LogP contribution in [0.5, 0.6) is 0 Å². The third kappa shape index (κ3) is 2.58. The molecule has 0 aliphatic heterocycles. The Labute approximate surface area is 113 Å². The fourth-order valence-corrected chi connectivity index (χ4v) is 1.53. The molecule has 0 saturated heterocycles. The first-order valence-corrected chi connectivity index (χ1v) is 5.75. The topological polar surface area (TPSA) is 120 Å². The van der Waals surface area contributed by atoms with Crippen molar-refractivity contribution in [1.82, 2.24) is 14.8 Å². The SMILES string of the molecule is CCOC(=O)c1ccc(-n2cc(N)c(C(=O)O)n2)nc1. The Hall–Kier alpha value is -2.90. The summed E-state index contributed by atoms with van der Waals surface area (Å²) in [5.41, 5.74) is 5.62. The first-order chi connectivity index (χ1) is 9.52. The number of carboxylic acid groups (broad SMARTS) is 1. The fraction of sp³-hybridized carbons (Fsp3) is 0.167. The molecule has 104 valence electrons. The molecule has 0 aliphatic rings. The number of carbonyl (C=O) groups excluding carboxylic acids is 1. The van der Waals surface area contributed by atoms with Crippen molar-refractivity contribution < 1.29 is 19.4 Å². The predicted molar refractivity (Wildman–Crippen MR) is 68.7 cm³/mol. The molecular weight excluding hydrogens is 264 g/mol. The lowest BCUT2D eigenvalue weighted by Gasteiger charge is -2.03. The predicted octanol–water partition coefficient (Wildman–Crippen LogP) is 0.724. The molecule has 8 heteroatoms. The van der Waals surface area contributed by atoms with Crippen LogP contribution >= 0.6 is 0 Å². The summed E-state index contributed by atoms with van der Waals surface area (Å²) >= 11 is 0. The van der Waals surface area contributed by atoms with Crippen molar-refractivity contribution in [1.29, 1.82) is 0 Å². The van der Waals surface area contributed by atoms with Crippen molar-refractivity contribution in [3.63, 3.8) is 0 Å². The Morgan fingerprint density at radius 3 is 2.70 bits per heavy atom. The van der Waals surface area contributed by atoms with Gasteiger partial charge in [0.1, 0.15) is 0 Å². The van der Waals surface area contributed by atoms with Crippen LogP contribution in [-0.2, 0) is 4.74 Å². The van der Waals surface area contributed by atoms with E-state index in [1.54, 1.807) is 6.92 Å². The van der Waals surface area contributed by atoms with E-state index in [0.29, 0.717) is 11.4 Å². The number of hydrogen-bond donors (Lipinski definition) is 2. The van der Waals surface area contributed by atoms with E-state index in [-0.39, 0.29) is 18.0 Å². The van der Waals surface area contributed by atoms with E-state index in [2.05, 4.69) is 10.1 Å². The monoisotopic (exact) mass is 276 g/mol. The lowest BCUT2D eigenvalue weighted by atomic mass is 10.3.